The van der Waals surface area contributed by atoms with Gasteiger partial charge in [0.2, 0.25) is 5.91 Å². The lowest BCUT2D eigenvalue weighted by Gasteiger charge is -2.35. The molecule has 2 N–H and O–H groups in total. The third-order valence-electron chi connectivity index (χ3n) is 7.78. The van der Waals surface area contributed by atoms with Gasteiger partial charge in [-0.15, -0.1) is 0 Å². The standard InChI is InChI=1S/C35H40N2O7/c1-34(2,37-31(40)27-12-8-9-13-28(27)32(37)41)20-21-44-35(3,4)19-18-30(39)36-29(22-24-14-16-26(38)17-15-24)33(42)43-23-25-10-6-5-7-11-25/h5-17,29,38H,18-23H2,1-4H3,(H,36,39)/t29-/m0/s1. The van der Waals surface area contributed by atoms with Gasteiger partial charge >= 0.3 is 5.97 Å². The lowest BCUT2D eigenvalue weighted by atomic mass is 9.97. The number of phenolic OH excluding ortho intramolecular Hbond substituents is 1. The number of esters is 1. The fraction of sp³-hybridized carbons (Fsp3) is 0.371. The minimum Gasteiger partial charge on any atom is -0.508 e. The molecule has 9 nitrogen and oxygen atoms in total. The van der Waals surface area contributed by atoms with E-state index in [0.29, 0.717) is 24.0 Å². The molecule has 1 aliphatic rings. The molecule has 0 aliphatic carbocycles. The molecular weight excluding hydrogens is 560 g/mol. The normalized spacial score (nSPS) is 13.9. The maximum absolute atomic E-state index is 13.0. The number of benzene rings is 3. The average Bonchev–Trinajstić information content (AvgIpc) is 3.26. The monoisotopic (exact) mass is 600 g/mol. The van der Waals surface area contributed by atoms with Gasteiger partial charge in [-0.3, -0.25) is 19.3 Å². The number of nitrogens with one attached hydrogen (secondary N) is 1. The van der Waals surface area contributed by atoms with Crippen LogP contribution in [-0.2, 0) is 32.1 Å². The van der Waals surface area contributed by atoms with Crippen LogP contribution in [0.2, 0.25) is 0 Å². The highest BCUT2D eigenvalue weighted by Crippen LogP contribution is 2.31. The number of hydrogen-bond acceptors (Lipinski definition) is 7. The van der Waals surface area contributed by atoms with Gasteiger partial charge < -0.3 is 19.9 Å². The number of nitrogens with zero attached hydrogens (tertiary/aromatic N) is 1. The summed E-state index contributed by atoms with van der Waals surface area (Å²) < 4.78 is 11.6. The Hall–Kier alpha value is -4.50. The van der Waals surface area contributed by atoms with Crippen LogP contribution < -0.4 is 5.32 Å². The number of amides is 3. The second-order valence-electron chi connectivity index (χ2n) is 12.2. The predicted octanol–water partition coefficient (Wildman–Crippen LogP) is 5.20. The van der Waals surface area contributed by atoms with Crippen molar-refractivity contribution in [1.82, 2.24) is 10.2 Å². The first kappa shape index (κ1) is 32.4. The molecular formula is C35H40N2O7. The Labute approximate surface area is 258 Å². The third kappa shape index (κ3) is 8.32. The van der Waals surface area contributed by atoms with Gasteiger partial charge in [0.1, 0.15) is 18.4 Å². The van der Waals surface area contributed by atoms with Crippen LogP contribution in [0.15, 0.2) is 78.9 Å². The van der Waals surface area contributed by atoms with Crippen molar-refractivity contribution in [3.05, 3.63) is 101 Å². The highest BCUT2D eigenvalue weighted by Gasteiger charge is 2.43. The van der Waals surface area contributed by atoms with Crippen molar-refractivity contribution in [1.29, 1.82) is 0 Å². The van der Waals surface area contributed by atoms with Gasteiger partial charge in [-0.2, -0.15) is 0 Å². The number of fused-ring (bicyclic) bond motifs is 1. The molecule has 1 aliphatic heterocycles. The van der Waals surface area contributed by atoms with Crippen LogP contribution in [0.25, 0.3) is 0 Å². The van der Waals surface area contributed by atoms with E-state index in [-0.39, 0.29) is 49.5 Å². The van der Waals surface area contributed by atoms with E-state index < -0.39 is 23.2 Å². The lowest BCUT2D eigenvalue weighted by Crippen LogP contribution is -2.48. The zero-order valence-electron chi connectivity index (χ0n) is 25.7. The molecule has 3 amide bonds. The molecule has 0 saturated carbocycles. The molecule has 0 saturated heterocycles. The van der Waals surface area contributed by atoms with Crippen LogP contribution in [0, 0.1) is 0 Å². The van der Waals surface area contributed by atoms with Crippen LogP contribution in [-0.4, -0.2) is 57.5 Å². The van der Waals surface area contributed by atoms with Gasteiger partial charge in [-0.25, -0.2) is 4.79 Å². The minimum absolute atomic E-state index is 0.0829. The summed E-state index contributed by atoms with van der Waals surface area (Å²) in [7, 11) is 0. The number of carbonyl (C=O) groups excluding carboxylic acids is 4. The van der Waals surface area contributed by atoms with Crippen LogP contribution in [0.3, 0.4) is 0 Å². The molecule has 9 heteroatoms. The van der Waals surface area contributed by atoms with E-state index >= 15 is 0 Å². The second kappa shape index (κ2) is 13.9. The van der Waals surface area contributed by atoms with E-state index in [1.807, 2.05) is 58.0 Å². The summed E-state index contributed by atoms with van der Waals surface area (Å²) in [6, 6.07) is 21.6. The molecule has 0 bridgehead atoms. The van der Waals surface area contributed by atoms with Crippen LogP contribution >= 0.6 is 0 Å². The summed E-state index contributed by atoms with van der Waals surface area (Å²) in [6.07, 6.45) is 1.09. The molecule has 3 aromatic rings. The van der Waals surface area contributed by atoms with Gasteiger partial charge in [-0.05, 0) is 75.9 Å². The van der Waals surface area contributed by atoms with E-state index in [0.717, 1.165) is 11.1 Å². The van der Waals surface area contributed by atoms with E-state index in [4.69, 9.17) is 9.47 Å². The highest BCUT2D eigenvalue weighted by atomic mass is 16.5. The maximum atomic E-state index is 13.0. The fourth-order valence-electron chi connectivity index (χ4n) is 5.07. The first-order valence-corrected chi connectivity index (χ1v) is 14.8. The molecule has 44 heavy (non-hydrogen) atoms. The molecule has 0 radical (unpaired) electrons. The molecule has 232 valence electrons. The van der Waals surface area contributed by atoms with Gasteiger partial charge in [0.15, 0.2) is 0 Å². The van der Waals surface area contributed by atoms with Crippen molar-refractivity contribution in [2.45, 2.75) is 77.2 Å². The zero-order chi connectivity index (χ0) is 31.9. The largest absolute Gasteiger partial charge is 0.508 e. The summed E-state index contributed by atoms with van der Waals surface area (Å²) in [5.41, 5.74) is 0.948. The average molecular weight is 601 g/mol. The van der Waals surface area contributed by atoms with Gasteiger partial charge in [0.05, 0.1) is 16.7 Å². The smallest absolute Gasteiger partial charge is 0.329 e. The van der Waals surface area contributed by atoms with Crippen LogP contribution in [0.4, 0.5) is 0 Å². The van der Waals surface area contributed by atoms with Gasteiger partial charge in [0, 0.05) is 25.0 Å². The van der Waals surface area contributed by atoms with Crippen molar-refractivity contribution in [3.8, 4) is 5.75 Å². The quantitative estimate of drug-likeness (QED) is 0.193. The molecule has 0 aromatic heterocycles. The SMILES string of the molecule is CC(C)(CCC(=O)N[C@@H](Cc1ccc(O)cc1)C(=O)OCc1ccccc1)OCCC(C)(C)N1C(=O)c2ccccc2C1=O. The molecule has 0 unspecified atom stereocenters. The Balaban J connectivity index is 1.29. The number of phenols is 1. The van der Waals surface area contributed by atoms with Crippen molar-refractivity contribution >= 4 is 23.7 Å². The molecule has 0 fully saturated rings. The van der Waals surface area contributed by atoms with Crippen molar-refractivity contribution < 1.29 is 33.8 Å². The topological polar surface area (TPSA) is 122 Å². The molecule has 3 aromatic carbocycles. The summed E-state index contributed by atoms with van der Waals surface area (Å²) in [4.78, 5) is 53.2. The van der Waals surface area contributed by atoms with Gasteiger partial charge in [-0.1, -0.05) is 54.6 Å². The summed E-state index contributed by atoms with van der Waals surface area (Å²) in [5.74, 6) is -1.39. The first-order valence-electron chi connectivity index (χ1n) is 14.8. The summed E-state index contributed by atoms with van der Waals surface area (Å²) in [6.45, 7) is 7.77. The predicted molar refractivity (Wildman–Crippen MR) is 165 cm³/mol. The zero-order valence-corrected chi connectivity index (χ0v) is 25.7. The molecule has 1 atom stereocenters. The van der Waals surface area contributed by atoms with Crippen molar-refractivity contribution in [2.24, 2.45) is 0 Å². The Morgan fingerprint density at radius 2 is 1.41 bits per heavy atom. The van der Waals surface area contributed by atoms with E-state index in [1.54, 1.807) is 36.4 Å². The van der Waals surface area contributed by atoms with E-state index in [2.05, 4.69) is 5.32 Å². The van der Waals surface area contributed by atoms with E-state index in [9.17, 15) is 24.3 Å². The van der Waals surface area contributed by atoms with Crippen LogP contribution in [0.5, 0.6) is 5.75 Å². The summed E-state index contributed by atoms with van der Waals surface area (Å²) >= 11 is 0. The fourth-order valence-corrected chi connectivity index (χ4v) is 5.07. The number of hydrogen-bond donors (Lipinski definition) is 2. The first-order chi connectivity index (χ1) is 20.9. The van der Waals surface area contributed by atoms with Gasteiger partial charge in [0.25, 0.3) is 11.8 Å². The van der Waals surface area contributed by atoms with E-state index in [1.165, 1.54) is 17.0 Å². The Bertz CT molecular complexity index is 1450. The second-order valence-corrected chi connectivity index (χ2v) is 12.2. The number of imide groups is 1. The number of carbonyl (C=O) groups is 4. The Kier molecular flexibility index (Phi) is 10.2. The number of aromatic hydroxyl groups is 1. The third-order valence-corrected chi connectivity index (χ3v) is 7.78. The summed E-state index contributed by atoms with van der Waals surface area (Å²) in [5, 5.41) is 12.4. The maximum Gasteiger partial charge on any atom is 0.329 e. The Morgan fingerprint density at radius 3 is 2.02 bits per heavy atom. The number of rotatable bonds is 14. The minimum atomic E-state index is -0.916. The van der Waals surface area contributed by atoms with Crippen molar-refractivity contribution in [2.75, 3.05) is 6.61 Å². The Morgan fingerprint density at radius 1 is 0.818 bits per heavy atom. The highest BCUT2D eigenvalue weighted by molar-refractivity contribution is 6.21. The lowest BCUT2D eigenvalue weighted by molar-refractivity contribution is -0.149. The van der Waals surface area contributed by atoms with Crippen LogP contribution in [0.1, 0.15) is 78.8 Å². The van der Waals surface area contributed by atoms with Crippen molar-refractivity contribution in [3.63, 3.8) is 0 Å². The molecule has 4 rings (SSSR count). The molecule has 0 spiro atoms. The number of ether oxygens (including phenoxy) is 2. The molecule has 1 heterocycles.